The van der Waals surface area contributed by atoms with E-state index in [-0.39, 0.29) is 5.56 Å². The van der Waals surface area contributed by atoms with Gasteiger partial charge in [0.15, 0.2) is 0 Å². The fraction of sp³-hybridized carbons (Fsp3) is 0.286. The number of rotatable bonds is 3. The lowest BCUT2D eigenvalue weighted by molar-refractivity contribution is 0.0954. The van der Waals surface area contributed by atoms with E-state index in [1.165, 1.54) is 0 Å². The van der Waals surface area contributed by atoms with E-state index in [2.05, 4.69) is 5.43 Å². The van der Waals surface area contributed by atoms with E-state index in [0.717, 1.165) is 0 Å². The maximum absolute atomic E-state index is 12.3. The highest BCUT2D eigenvalue weighted by Gasteiger charge is 2.14. The molecule has 100 valence electrons. The van der Waals surface area contributed by atoms with Gasteiger partial charge in [0.25, 0.3) is 11.5 Å². The number of hydrazine groups is 1. The first-order chi connectivity index (χ1) is 9.04. The number of aromatic nitrogens is 1. The number of carbonyl (C=O) groups excluding carboxylic acids is 1. The minimum absolute atomic E-state index is 0.0853. The number of pyridine rings is 1. The maximum atomic E-state index is 12.3. The summed E-state index contributed by atoms with van der Waals surface area (Å²) in [5, 5.41) is 1.15. The highest BCUT2D eigenvalue weighted by Crippen LogP contribution is 2.15. The van der Waals surface area contributed by atoms with E-state index in [1.54, 1.807) is 35.0 Å². The zero-order valence-corrected chi connectivity index (χ0v) is 11.0. The lowest BCUT2D eigenvalue weighted by Gasteiger charge is -2.13. The molecule has 2 rings (SSSR count). The van der Waals surface area contributed by atoms with Gasteiger partial charge in [-0.15, -0.1) is 0 Å². The molecule has 0 bridgehead atoms. The first kappa shape index (κ1) is 13.3. The second-order valence-corrected chi connectivity index (χ2v) is 4.91. The summed E-state index contributed by atoms with van der Waals surface area (Å²) < 4.78 is 1.57. The SMILES string of the molecule is CC(C)Cn1cc(C(=O)NN)c2ccccc2c1=O. The van der Waals surface area contributed by atoms with E-state index < -0.39 is 5.91 Å². The number of nitrogens with two attached hydrogens (primary N) is 1. The molecule has 0 aliphatic rings. The molecule has 0 fully saturated rings. The average Bonchev–Trinajstić information content (AvgIpc) is 2.40. The van der Waals surface area contributed by atoms with Crippen molar-refractivity contribution < 1.29 is 4.79 Å². The van der Waals surface area contributed by atoms with Crippen molar-refractivity contribution >= 4 is 16.7 Å². The summed E-state index contributed by atoms with van der Waals surface area (Å²) in [6.45, 7) is 4.60. The highest BCUT2D eigenvalue weighted by atomic mass is 16.2. The Morgan fingerprint density at radius 2 is 1.95 bits per heavy atom. The largest absolute Gasteiger partial charge is 0.314 e. The van der Waals surface area contributed by atoms with Crippen LogP contribution in [0.5, 0.6) is 0 Å². The summed E-state index contributed by atoms with van der Waals surface area (Å²) in [7, 11) is 0. The minimum Gasteiger partial charge on any atom is -0.314 e. The Morgan fingerprint density at radius 3 is 2.53 bits per heavy atom. The van der Waals surface area contributed by atoms with Gasteiger partial charge in [-0.05, 0) is 12.0 Å². The van der Waals surface area contributed by atoms with Crippen molar-refractivity contribution in [2.45, 2.75) is 20.4 Å². The standard InChI is InChI=1S/C14H17N3O2/c1-9(2)7-17-8-12(13(18)16-15)10-5-3-4-6-11(10)14(17)19/h3-6,8-9H,7,15H2,1-2H3,(H,16,18). The minimum atomic E-state index is -0.395. The van der Waals surface area contributed by atoms with Crippen LogP contribution in [0, 0.1) is 5.92 Å². The van der Waals surface area contributed by atoms with Crippen LogP contribution < -0.4 is 16.8 Å². The Bertz CT molecular complexity index is 674. The van der Waals surface area contributed by atoms with Crippen molar-refractivity contribution in [3.8, 4) is 0 Å². The molecule has 1 aromatic carbocycles. The van der Waals surface area contributed by atoms with Crippen molar-refractivity contribution in [1.29, 1.82) is 0 Å². The molecule has 0 radical (unpaired) electrons. The topological polar surface area (TPSA) is 77.1 Å². The van der Waals surface area contributed by atoms with E-state index in [0.29, 0.717) is 28.8 Å². The smallest absolute Gasteiger partial charge is 0.267 e. The molecule has 0 unspecified atom stereocenters. The number of hydrogen-bond donors (Lipinski definition) is 2. The van der Waals surface area contributed by atoms with Gasteiger partial charge >= 0.3 is 0 Å². The van der Waals surface area contributed by atoms with E-state index in [1.807, 2.05) is 13.8 Å². The Hall–Kier alpha value is -2.14. The Labute approximate surface area is 111 Å². The molecular weight excluding hydrogens is 242 g/mol. The number of nitrogens with zero attached hydrogens (tertiary/aromatic N) is 1. The Balaban J connectivity index is 2.76. The summed E-state index contributed by atoms with van der Waals surface area (Å²) in [5.74, 6) is 5.12. The van der Waals surface area contributed by atoms with Crippen molar-refractivity contribution in [1.82, 2.24) is 9.99 Å². The molecule has 0 aliphatic carbocycles. The van der Waals surface area contributed by atoms with E-state index in [4.69, 9.17) is 5.84 Å². The van der Waals surface area contributed by atoms with Crippen molar-refractivity contribution in [3.05, 3.63) is 46.4 Å². The summed E-state index contributed by atoms with van der Waals surface area (Å²) in [4.78, 5) is 24.2. The fourth-order valence-electron chi connectivity index (χ4n) is 2.13. The van der Waals surface area contributed by atoms with Gasteiger partial charge in [-0.1, -0.05) is 32.0 Å². The van der Waals surface area contributed by atoms with Crippen molar-refractivity contribution in [2.75, 3.05) is 0 Å². The zero-order chi connectivity index (χ0) is 14.0. The number of nitrogen functional groups attached to an aromatic ring is 1. The van der Waals surface area contributed by atoms with Gasteiger partial charge in [0, 0.05) is 23.5 Å². The van der Waals surface area contributed by atoms with Crippen LogP contribution in [0.15, 0.2) is 35.3 Å². The first-order valence-electron chi connectivity index (χ1n) is 6.17. The van der Waals surface area contributed by atoms with Crippen LogP contribution in [0.4, 0.5) is 0 Å². The van der Waals surface area contributed by atoms with Gasteiger partial charge in [0.2, 0.25) is 0 Å². The molecule has 0 spiro atoms. The maximum Gasteiger partial charge on any atom is 0.267 e. The third kappa shape index (κ3) is 2.51. The molecule has 0 atom stereocenters. The lowest BCUT2D eigenvalue weighted by atomic mass is 10.1. The molecule has 2 aromatic rings. The Morgan fingerprint density at radius 1 is 1.32 bits per heavy atom. The van der Waals surface area contributed by atoms with Gasteiger partial charge in [0.05, 0.1) is 5.56 Å². The predicted molar refractivity (Wildman–Crippen MR) is 74.7 cm³/mol. The third-order valence-electron chi connectivity index (χ3n) is 2.93. The van der Waals surface area contributed by atoms with Crippen LogP contribution in [-0.4, -0.2) is 10.5 Å². The molecule has 0 aliphatic heterocycles. The molecule has 3 N–H and O–H groups in total. The average molecular weight is 259 g/mol. The van der Waals surface area contributed by atoms with Gasteiger partial charge in [0.1, 0.15) is 0 Å². The van der Waals surface area contributed by atoms with Gasteiger partial charge in [-0.2, -0.15) is 0 Å². The number of fused-ring (bicyclic) bond motifs is 1. The molecule has 5 heteroatoms. The third-order valence-corrected chi connectivity index (χ3v) is 2.93. The van der Waals surface area contributed by atoms with Crippen molar-refractivity contribution in [3.63, 3.8) is 0 Å². The first-order valence-corrected chi connectivity index (χ1v) is 6.17. The lowest BCUT2D eigenvalue weighted by Crippen LogP contribution is -2.32. The zero-order valence-electron chi connectivity index (χ0n) is 11.0. The molecule has 5 nitrogen and oxygen atoms in total. The van der Waals surface area contributed by atoms with Crippen LogP contribution >= 0.6 is 0 Å². The van der Waals surface area contributed by atoms with Crippen LogP contribution in [0.3, 0.4) is 0 Å². The summed E-state index contributed by atoms with van der Waals surface area (Å²) >= 11 is 0. The molecule has 1 aromatic heterocycles. The molecule has 0 saturated heterocycles. The number of hydrogen-bond acceptors (Lipinski definition) is 3. The molecule has 0 saturated carbocycles. The van der Waals surface area contributed by atoms with E-state index >= 15 is 0 Å². The number of benzene rings is 1. The van der Waals surface area contributed by atoms with Crippen LogP contribution in [0.2, 0.25) is 0 Å². The van der Waals surface area contributed by atoms with Crippen molar-refractivity contribution in [2.24, 2.45) is 11.8 Å². The Kier molecular flexibility index (Phi) is 3.66. The number of amides is 1. The highest BCUT2D eigenvalue weighted by molar-refractivity contribution is 6.06. The molecule has 19 heavy (non-hydrogen) atoms. The fourth-order valence-corrected chi connectivity index (χ4v) is 2.13. The summed E-state index contributed by atoms with van der Waals surface area (Å²) in [6.07, 6.45) is 1.58. The quantitative estimate of drug-likeness (QED) is 0.495. The van der Waals surface area contributed by atoms with Gasteiger partial charge in [-0.3, -0.25) is 15.0 Å². The number of carbonyl (C=O) groups is 1. The van der Waals surface area contributed by atoms with Crippen LogP contribution in [0.25, 0.3) is 10.8 Å². The van der Waals surface area contributed by atoms with E-state index in [9.17, 15) is 9.59 Å². The molecular formula is C14H17N3O2. The predicted octanol–water partition coefficient (Wildman–Crippen LogP) is 1.26. The second kappa shape index (κ2) is 5.24. The summed E-state index contributed by atoms with van der Waals surface area (Å²) in [6, 6.07) is 7.05. The van der Waals surface area contributed by atoms with Gasteiger partial charge in [-0.25, -0.2) is 5.84 Å². The monoisotopic (exact) mass is 259 g/mol. The van der Waals surface area contributed by atoms with Gasteiger partial charge < -0.3 is 4.57 Å². The number of nitrogens with one attached hydrogen (secondary N) is 1. The normalized spacial score (nSPS) is 10.9. The van der Waals surface area contributed by atoms with Crippen LogP contribution in [0.1, 0.15) is 24.2 Å². The molecule has 1 heterocycles. The van der Waals surface area contributed by atoms with Crippen LogP contribution in [-0.2, 0) is 6.54 Å². The summed E-state index contributed by atoms with van der Waals surface area (Å²) in [5.41, 5.74) is 2.45. The second-order valence-electron chi connectivity index (χ2n) is 4.91. The molecule has 1 amide bonds.